The van der Waals surface area contributed by atoms with E-state index in [4.69, 9.17) is 0 Å². The Balaban J connectivity index is 2.83. The van der Waals surface area contributed by atoms with Crippen LogP contribution < -0.4 is 5.32 Å². The second-order valence-corrected chi connectivity index (χ2v) is 5.62. The zero-order valence-electron chi connectivity index (χ0n) is 13.2. The molecule has 0 heterocycles. The number of alkyl halides is 9. The highest BCUT2D eigenvalue weighted by Crippen LogP contribution is 2.53. The predicted molar refractivity (Wildman–Crippen MR) is 73.3 cm³/mol. The van der Waals surface area contributed by atoms with Gasteiger partial charge in [-0.05, 0) is 25.3 Å². The molecule has 0 aliphatic heterocycles. The Morgan fingerprint density at radius 1 is 0.923 bits per heavy atom. The van der Waals surface area contributed by atoms with Crippen LogP contribution in [0.2, 0.25) is 0 Å². The fourth-order valence-corrected chi connectivity index (χ4v) is 1.93. The number of amides is 1. The molecule has 1 N–H and O–H groups in total. The first-order valence-electron chi connectivity index (χ1n) is 7.19. The van der Waals surface area contributed by atoms with Crippen LogP contribution in [0, 0.1) is 0 Å². The maximum Gasteiger partial charge on any atom is 0.460 e. The van der Waals surface area contributed by atoms with Crippen molar-refractivity contribution in [2.45, 2.75) is 49.8 Å². The van der Waals surface area contributed by atoms with Crippen molar-refractivity contribution in [2.75, 3.05) is 0 Å². The lowest BCUT2D eigenvalue weighted by Crippen LogP contribution is -2.65. The van der Waals surface area contributed by atoms with Crippen LogP contribution in [0.4, 0.5) is 39.5 Å². The Morgan fingerprint density at radius 2 is 1.42 bits per heavy atom. The molecule has 1 aromatic rings. The molecule has 0 fully saturated rings. The van der Waals surface area contributed by atoms with Gasteiger partial charge in [0.25, 0.3) is 5.91 Å². The third-order valence-electron chi connectivity index (χ3n) is 3.52. The highest BCUT2D eigenvalue weighted by molar-refractivity contribution is 5.85. The maximum absolute atomic E-state index is 13.4. The molecule has 0 bridgehead atoms. The van der Waals surface area contributed by atoms with E-state index in [0.717, 1.165) is 6.92 Å². The standard InChI is InChI=1S/C15H14F9NO/c1-9(7-8-10-5-3-2-4-6-10)25-11(26)12(16,17)13(18,19)14(20,21)15(22,23)24/h2-6,9H,7-8H2,1H3,(H,25,26). The van der Waals surface area contributed by atoms with Crippen LogP contribution >= 0.6 is 0 Å². The van der Waals surface area contributed by atoms with E-state index in [1.807, 2.05) is 0 Å². The Hall–Kier alpha value is -1.94. The smallest absolute Gasteiger partial charge is 0.348 e. The van der Waals surface area contributed by atoms with Gasteiger partial charge in [0.15, 0.2) is 0 Å². The van der Waals surface area contributed by atoms with Crippen molar-refractivity contribution in [3.63, 3.8) is 0 Å². The van der Waals surface area contributed by atoms with Crippen LogP contribution in [-0.4, -0.2) is 35.9 Å². The second-order valence-electron chi connectivity index (χ2n) is 5.62. The molecule has 0 spiro atoms. The van der Waals surface area contributed by atoms with Crippen molar-refractivity contribution >= 4 is 5.91 Å². The summed E-state index contributed by atoms with van der Waals surface area (Å²) in [7, 11) is 0. The summed E-state index contributed by atoms with van der Waals surface area (Å²) in [5.74, 6) is -23.2. The lowest BCUT2D eigenvalue weighted by atomic mass is 10.0. The van der Waals surface area contributed by atoms with E-state index in [0.29, 0.717) is 5.56 Å². The SMILES string of the molecule is CC(CCc1ccccc1)NC(=O)C(F)(F)C(F)(F)C(F)(F)C(F)(F)F. The predicted octanol–water partition coefficient (Wildman–Crippen LogP) is 4.59. The van der Waals surface area contributed by atoms with Gasteiger partial charge in [0.1, 0.15) is 0 Å². The Bertz CT molecular complexity index is 613. The molecule has 1 rings (SSSR count). The zero-order chi connectivity index (χ0) is 20.4. The molecule has 1 atom stereocenters. The zero-order valence-corrected chi connectivity index (χ0v) is 13.2. The molecule has 1 unspecified atom stereocenters. The van der Waals surface area contributed by atoms with E-state index < -0.39 is 35.9 Å². The number of carbonyl (C=O) groups is 1. The number of rotatable bonds is 7. The quantitative estimate of drug-likeness (QED) is 0.673. The first-order chi connectivity index (χ1) is 11.6. The first kappa shape index (κ1) is 22.1. The Labute approximate surface area is 142 Å². The summed E-state index contributed by atoms with van der Waals surface area (Å²) in [6.07, 6.45) is -6.77. The van der Waals surface area contributed by atoms with Gasteiger partial charge < -0.3 is 5.32 Å². The van der Waals surface area contributed by atoms with E-state index in [2.05, 4.69) is 0 Å². The Morgan fingerprint density at radius 3 is 1.88 bits per heavy atom. The number of aryl methyl sites for hydroxylation is 1. The van der Waals surface area contributed by atoms with E-state index in [9.17, 15) is 44.3 Å². The van der Waals surface area contributed by atoms with E-state index >= 15 is 0 Å². The fraction of sp³-hybridized carbons (Fsp3) is 0.533. The third-order valence-corrected chi connectivity index (χ3v) is 3.52. The van der Waals surface area contributed by atoms with Gasteiger partial charge in [-0.2, -0.15) is 39.5 Å². The normalized spacial score (nSPS) is 14.8. The average molecular weight is 395 g/mol. The van der Waals surface area contributed by atoms with Gasteiger partial charge in [0, 0.05) is 6.04 Å². The Kier molecular flexibility index (Phi) is 6.25. The summed E-state index contributed by atoms with van der Waals surface area (Å²) in [4.78, 5) is 11.3. The van der Waals surface area contributed by atoms with Crippen LogP contribution in [-0.2, 0) is 11.2 Å². The fourth-order valence-electron chi connectivity index (χ4n) is 1.93. The third kappa shape index (κ3) is 4.24. The van der Waals surface area contributed by atoms with Crippen molar-refractivity contribution in [2.24, 2.45) is 0 Å². The van der Waals surface area contributed by atoms with Crippen LogP contribution in [0.1, 0.15) is 18.9 Å². The van der Waals surface area contributed by atoms with Crippen LogP contribution in [0.25, 0.3) is 0 Å². The van der Waals surface area contributed by atoms with Crippen molar-refractivity contribution in [3.8, 4) is 0 Å². The van der Waals surface area contributed by atoms with Crippen LogP contribution in [0.3, 0.4) is 0 Å². The van der Waals surface area contributed by atoms with Crippen LogP contribution in [0.5, 0.6) is 0 Å². The van der Waals surface area contributed by atoms with Crippen molar-refractivity contribution in [3.05, 3.63) is 35.9 Å². The molecule has 26 heavy (non-hydrogen) atoms. The summed E-state index contributed by atoms with van der Waals surface area (Å²) < 4.78 is 115. The van der Waals surface area contributed by atoms with Gasteiger partial charge in [-0.25, -0.2) is 0 Å². The van der Waals surface area contributed by atoms with Gasteiger partial charge in [-0.1, -0.05) is 30.3 Å². The highest BCUT2D eigenvalue weighted by atomic mass is 19.4. The molecule has 0 aliphatic carbocycles. The van der Waals surface area contributed by atoms with Crippen molar-refractivity contribution < 1.29 is 44.3 Å². The summed E-state index contributed by atoms with van der Waals surface area (Å²) in [6.45, 7) is 1.12. The van der Waals surface area contributed by atoms with Crippen LogP contribution in [0.15, 0.2) is 30.3 Å². The minimum Gasteiger partial charge on any atom is -0.348 e. The lowest BCUT2D eigenvalue weighted by Gasteiger charge is -2.33. The molecule has 0 aromatic heterocycles. The monoisotopic (exact) mass is 395 g/mol. The minimum absolute atomic E-state index is 0.0347. The number of hydrogen-bond acceptors (Lipinski definition) is 1. The van der Waals surface area contributed by atoms with Gasteiger partial charge in [-0.15, -0.1) is 0 Å². The summed E-state index contributed by atoms with van der Waals surface area (Å²) in [5, 5.41) is 1.35. The molecule has 2 nitrogen and oxygen atoms in total. The molecule has 11 heteroatoms. The van der Waals surface area contributed by atoms with Crippen molar-refractivity contribution in [1.82, 2.24) is 5.32 Å². The summed E-state index contributed by atoms with van der Waals surface area (Å²) >= 11 is 0. The molecular weight excluding hydrogens is 381 g/mol. The minimum atomic E-state index is -7.09. The molecular formula is C15H14F9NO. The lowest BCUT2D eigenvalue weighted by molar-refractivity contribution is -0.388. The van der Waals surface area contributed by atoms with Gasteiger partial charge in [-0.3, -0.25) is 4.79 Å². The molecule has 0 radical (unpaired) electrons. The molecule has 0 saturated carbocycles. The highest BCUT2D eigenvalue weighted by Gasteiger charge is 2.83. The summed E-state index contributed by atoms with van der Waals surface area (Å²) in [6, 6.07) is 7.14. The summed E-state index contributed by atoms with van der Waals surface area (Å²) in [5.41, 5.74) is 0.717. The molecule has 0 saturated heterocycles. The maximum atomic E-state index is 13.4. The van der Waals surface area contributed by atoms with E-state index in [1.54, 1.807) is 30.3 Å². The molecule has 1 amide bonds. The first-order valence-corrected chi connectivity index (χ1v) is 7.19. The number of benzene rings is 1. The topological polar surface area (TPSA) is 29.1 Å². The number of carbonyl (C=O) groups excluding carboxylic acids is 1. The number of nitrogens with one attached hydrogen (secondary N) is 1. The van der Waals surface area contributed by atoms with E-state index in [-0.39, 0.29) is 12.8 Å². The molecule has 148 valence electrons. The number of halogens is 9. The second kappa shape index (κ2) is 7.36. The van der Waals surface area contributed by atoms with Gasteiger partial charge in [0.05, 0.1) is 0 Å². The van der Waals surface area contributed by atoms with E-state index in [1.165, 1.54) is 5.32 Å². The van der Waals surface area contributed by atoms with Crippen molar-refractivity contribution in [1.29, 1.82) is 0 Å². The number of hydrogen-bond donors (Lipinski definition) is 1. The largest absolute Gasteiger partial charge is 0.460 e. The van der Waals surface area contributed by atoms with Gasteiger partial charge in [0.2, 0.25) is 0 Å². The average Bonchev–Trinajstić information content (AvgIpc) is 2.52. The molecule has 0 aliphatic rings. The van der Waals surface area contributed by atoms with Gasteiger partial charge >= 0.3 is 23.9 Å². The molecule has 1 aromatic carbocycles.